The molecule has 0 spiro atoms. The Kier molecular flexibility index (Phi) is 4.20. The second-order valence-corrected chi connectivity index (χ2v) is 5.98. The second-order valence-electron chi connectivity index (χ2n) is 5.25. The Morgan fingerprint density at radius 3 is 2.65 bits per heavy atom. The van der Waals surface area contributed by atoms with E-state index in [1.807, 2.05) is 0 Å². The quantitative estimate of drug-likeness (QED) is 0.877. The Morgan fingerprint density at radius 2 is 2.12 bits per heavy atom. The van der Waals surface area contributed by atoms with E-state index >= 15 is 0 Å². The van der Waals surface area contributed by atoms with Crippen molar-refractivity contribution in [3.05, 3.63) is 0 Å². The van der Waals surface area contributed by atoms with Crippen molar-refractivity contribution in [1.82, 2.24) is 9.36 Å². The molecule has 1 aliphatic carbocycles. The summed E-state index contributed by atoms with van der Waals surface area (Å²) in [6.45, 7) is 5.61. The molecule has 1 heterocycles. The van der Waals surface area contributed by atoms with Gasteiger partial charge in [-0.1, -0.05) is 26.7 Å². The Labute approximate surface area is 107 Å². The van der Waals surface area contributed by atoms with E-state index in [4.69, 9.17) is 5.73 Å². The van der Waals surface area contributed by atoms with Gasteiger partial charge < -0.3 is 10.6 Å². The SMILES string of the molecule is CC(C)CCN(c1nc(N)ns1)C1CCCC1. The van der Waals surface area contributed by atoms with Crippen LogP contribution in [0.25, 0.3) is 0 Å². The number of nitrogens with two attached hydrogens (primary N) is 1. The molecule has 0 saturated heterocycles. The molecule has 0 unspecified atom stereocenters. The average molecular weight is 254 g/mol. The first-order chi connectivity index (χ1) is 8.16. The molecule has 2 rings (SSSR count). The molecule has 1 saturated carbocycles. The minimum atomic E-state index is 0.414. The van der Waals surface area contributed by atoms with Crippen molar-refractivity contribution in [3.63, 3.8) is 0 Å². The molecule has 0 amide bonds. The van der Waals surface area contributed by atoms with Crippen LogP contribution in [0.1, 0.15) is 46.0 Å². The maximum atomic E-state index is 5.63. The third-order valence-corrected chi connectivity index (χ3v) is 4.16. The van der Waals surface area contributed by atoms with Gasteiger partial charge >= 0.3 is 0 Å². The van der Waals surface area contributed by atoms with E-state index in [0.29, 0.717) is 12.0 Å². The van der Waals surface area contributed by atoms with Gasteiger partial charge in [0.15, 0.2) is 0 Å². The summed E-state index contributed by atoms with van der Waals surface area (Å²) in [5.74, 6) is 1.14. The van der Waals surface area contributed by atoms with Crippen LogP contribution in [0, 0.1) is 5.92 Å². The molecule has 5 heteroatoms. The summed E-state index contributed by atoms with van der Waals surface area (Å²) in [6, 6.07) is 0.654. The molecule has 0 radical (unpaired) electrons. The van der Waals surface area contributed by atoms with Crippen molar-refractivity contribution in [3.8, 4) is 0 Å². The highest BCUT2D eigenvalue weighted by molar-refractivity contribution is 7.09. The van der Waals surface area contributed by atoms with Crippen LogP contribution >= 0.6 is 11.5 Å². The minimum Gasteiger partial charge on any atom is -0.367 e. The van der Waals surface area contributed by atoms with Crippen LogP contribution < -0.4 is 10.6 Å². The summed E-state index contributed by atoms with van der Waals surface area (Å²) in [5, 5.41) is 1.01. The molecular weight excluding hydrogens is 232 g/mol. The van der Waals surface area contributed by atoms with Gasteiger partial charge in [-0.2, -0.15) is 9.36 Å². The number of anilines is 2. The second kappa shape index (κ2) is 5.67. The van der Waals surface area contributed by atoms with Gasteiger partial charge in [0, 0.05) is 24.1 Å². The first kappa shape index (κ1) is 12.6. The van der Waals surface area contributed by atoms with E-state index in [-0.39, 0.29) is 0 Å². The third kappa shape index (κ3) is 3.31. The topological polar surface area (TPSA) is 55.0 Å². The van der Waals surface area contributed by atoms with Crippen LogP contribution in [0.4, 0.5) is 11.1 Å². The van der Waals surface area contributed by atoms with Gasteiger partial charge in [-0.15, -0.1) is 0 Å². The van der Waals surface area contributed by atoms with Gasteiger partial charge in [-0.05, 0) is 25.2 Å². The predicted octanol–water partition coefficient (Wildman–Crippen LogP) is 2.92. The van der Waals surface area contributed by atoms with Gasteiger partial charge in [-0.3, -0.25) is 0 Å². The van der Waals surface area contributed by atoms with Crippen molar-refractivity contribution in [2.24, 2.45) is 5.92 Å². The molecule has 0 aliphatic heterocycles. The molecule has 4 nitrogen and oxygen atoms in total. The first-order valence-corrected chi connectivity index (χ1v) is 7.30. The van der Waals surface area contributed by atoms with E-state index in [0.717, 1.165) is 17.6 Å². The summed E-state index contributed by atoms with van der Waals surface area (Å²) in [5.41, 5.74) is 5.63. The van der Waals surface area contributed by atoms with Gasteiger partial charge in [0.25, 0.3) is 0 Å². The normalized spacial score (nSPS) is 16.9. The summed E-state index contributed by atoms with van der Waals surface area (Å²) < 4.78 is 4.10. The maximum Gasteiger partial charge on any atom is 0.233 e. The summed E-state index contributed by atoms with van der Waals surface area (Å²) >= 11 is 1.44. The molecule has 1 aromatic rings. The Bertz CT molecular complexity index is 344. The Morgan fingerprint density at radius 1 is 1.41 bits per heavy atom. The molecular formula is C12H22N4S. The molecule has 0 atom stereocenters. The molecule has 17 heavy (non-hydrogen) atoms. The zero-order valence-electron chi connectivity index (χ0n) is 10.7. The lowest BCUT2D eigenvalue weighted by molar-refractivity contribution is 0.528. The smallest absolute Gasteiger partial charge is 0.233 e. The third-order valence-electron chi connectivity index (χ3n) is 3.39. The van der Waals surface area contributed by atoms with Gasteiger partial charge in [-0.25, -0.2) is 0 Å². The first-order valence-electron chi connectivity index (χ1n) is 6.52. The highest BCUT2D eigenvalue weighted by atomic mass is 32.1. The molecule has 96 valence electrons. The molecule has 2 N–H and O–H groups in total. The van der Waals surface area contributed by atoms with Crippen molar-refractivity contribution in [2.45, 2.75) is 52.0 Å². The predicted molar refractivity (Wildman–Crippen MR) is 73.4 cm³/mol. The average Bonchev–Trinajstić information content (AvgIpc) is 2.90. The highest BCUT2D eigenvalue weighted by Crippen LogP contribution is 2.30. The number of rotatable bonds is 5. The Balaban J connectivity index is 2.05. The van der Waals surface area contributed by atoms with Crippen LogP contribution in [0.15, 0.2) is 0 Å². The lowest BCUT2D eigenvalue weighted by atomic mass is 10.1. The number of nitrogen functional groups attached to an aromatic ring is 1. The molecule has 1 fully saturated rings. The summed E-state index contributed by atoms with van der Waals surface area (Å²) in [4.78, 5) is 6.78. The van der Waals surface area contributed by atoms with Crippen LogP contribution in [0.3, 0.4) is 0 Å². The zero-order valence-corrected chi connectivity index (χ0v) is 11.5. The molecule has 0 bridgehead atoms. The summed E-state index contributed by atoms with van der Waals surface area (Å²) in [7, 11) is 0. The van der Waals surface area contributed by atoms with Crippen LogP contribution in [0.2, 0.25) is 0 Å². The lowest BCUT2D eigenvalue weighted by Crippen LogP contribution is -2.34. The lowest BCUT2D eigenvalue weighted by Gasteiger charge is -2.28. The van der Waals surface area contributed by atoms with Gasteiger partial charge in [0.05, 0.1) is 0 Å². The monoisotopic (exact) mass is 254 g/mol. The standard InChI is InChI=1S/C12H22N4S/c1-9(2)7-8-16(10-5-3-4-6-10)12-14-11(13)15-17-12/h9-10H,3-8H2,1-2H3,(H2,13,15). The van der Waals surface area contributed by atoms with E-state index in [2.05, 4.69) is 28.1 Å². The maximum absolute atomic E-state index is 5.63. The van der Waals surface area contributed by atoms with E-state index in [1.54, 1.807) is 0 Å². The number of hydrogen-bond donors (Lipinski definition) is 1. The van der Waals surface area contributed by atoms with Crippen LogP contribution in [-0.4, -0.2) is 21.9 Å². The van der Waals surface area contributed by atoms with Gasteiger partial charge in [0.2, 0.25) is 11.1 Å². The number of hydrogen-bond acceptors (Lipinski definition) is 5. The molecule has 1 aliphatic rings. The fourth-order valence-electron chi connectivity index (χ4n) is 2.39. The summed E-state index contributed by atoms with van der Waals surface area (Å²) in [6.07, 6.45) is 6.47. The van der Waals surface area contributed by atoms with Crippen molar-refractivity contribution >= 4 is 22.6 Å². The van der Waals surface area contributed by atoms with Crippen LogP contribution in [-0.2, 0) is 0 Å². The van der Waals surface area contributed by atoms with E-state index in [9.17, 15) is 0 Å². The fourth-order valence-corrected chi connectivity index (χ4v) is 3.09. The van der Waals surface area contributed by atoms with Gasteiger partial charge in [0.1, 0.15) is 0 Å². The molecule has 0 aromatic carbocycles. The highest BCUT2D eigenvalue weighted by Gasteiger charge is 2.25. The van der Waals surface area contributed by atoms with Crippen molar-refractivity contribution in [2.75, 3.05) is 17.2 Å². The largest absolute Gasteiger partial charge is 0.367 e. The van der Waals surface area contributed by atoms with Crippen molar-refractivity contribution in [1.29, 1.82) is 0 Å². The molecule has 1 aromatic heterocycles. The van der Waals surface area contributed by atoms with E-state index in [1.165, 1.54) is 43.6 Å². The number of aromatic nitrogens is 2. The Hall–Kier alpha value is -0.840. The fraction of sp³-hybridized carbons (Fsp3) is 0.833. The van der Waals surface area contributed by atoms with Crippen molar-refractivity contribution < 1.29 is 0 Å². The zero-order chi connectivity index (χ0) is 12.3. The van der Waals surface area contributed by atoms with Crippen LogP contribution in [0.5, 0.6) is 0 Å². The minimum absolute atomic E-state index is 0.414. The van der Waals surface area contributed by atoms with E-state index < -0.39 is 0 Å². The number of nitrogens with zero attached hydrogens (tertiary/aromatic N) is 3.